The number of hydrogen-bond donors (Lipinski definition) is 2. The number of alkyl halides is 1. The normalized spacial score (nSPS) is 21.2. The molecule has 1 aromatic heterocycles. The molecule has 0 spiro atoms. The van der Waals surface area contributed by atoms with Gasteiger partial charge in [0.25, 0.3) is 10.0 Å². The van der Waals surface area contributed by atoms with Gasteiger partial charge in [0.05, 0.1) is 10.9 Å². The molecule has 4 rings (SSSR count). The summed E-state index contributed by atoms with van der Waals surface area (Å²) in [5.74, 6) is -0.179. The van der Waals surface area contributed by atoms with Crippen LogP contribution < -0.4 is 10.0 Å². The summed E-state index contributed by atoms with van der Waals surface area (Å²) in [6.45, 7) is 3.54. The fourth-order valence-electron chi connectivity index (χ4n) is 3.77. The molecule has 0 aliphatic heterocycles. The van der Waals surface area contributed by atoms with Crippen molar-refractivity contribution >= 4 is 27.4 Å². The molecule has 1 heterocycles. The number of halogens is 1. The monoisotopic (exact) mass is 464 g/mol. The largest absolute Gasteiger partial charge is 0.348 e. The molecule has 1 aliphatic carbocycles. The highest BCUT2D eigenvalue weighted by Crippen LogP contribution is 2.37. The molecule has 3 aromatic rings. The van der Waals surface area contributed by atoms with Crippen LogP contribution in [0.2, 0.25) is 0 Å². The SMILES string of the molecule is CC1C=C(c2ccccc2)C=CC1(F)C(C)Nc1nccc(NS(=O)(=O)c2ccccc2)n1. The second kappa shape index (κ2) is 9.15. The first-order valence-electron chi connectivity index (χ1n) is 10.6. The van der Waals surface area contributed by atoms with Crippen molar-refractivity contribution in [2.75, 3.05) is 10.0 Å². The first kappa shape index (κ1) is 22.7. The summed E-state index contributed by atoms with van der Waals surface area (Å²) in [7, 11) is -3.79. The van der Waals surface area contributed by atoms with Crippen LogP contribution in [0.5, 0.6) is 0 Å². The predicted molar refractivity (Wildman–Crippen MR) is 129 cm³/mol. The van der Waals surface area contributed by atoms with E-state index in [-0.39, 0.29) is 16.7 Å². The first-order valence-corrected chi connectivity index (χ1v) is 12.1. The highest BCUT2D eigenvalue weighted by atomic mass is 32.2. The van der Waals surface area contributed by atoms with Gasteiger partial charge in [0.15, 0.2) is 5.67 Å². The third kappa shape index (κ3) is 4.96. The molecule has 0 fully saturated rings. The van der Waals surface area contributed by atoms with E-state index in [1.807, 2.05) is 43.3 Å². The third-order valence-electron chi connectivity index (χ3n) is 5.71. The van der Waals surface area contributed by atoms with E-state index < -0.39 is 27.7 Å². The van der Waals surface area contributed by atoms with Crippen LogP contribution in [0.4, 0.5) is 16.2 Å². The summed E-state index contributed by atoms with van der Waals surface area (Å²) in [5.41, 5.74) is 0.323. The smallest absolute Gasteiger partial charge is 0.263 e. The van der Waals surface area contributed by atoms with E-state index in [1.54, 1.807) is 37.3 Å². The average Bonchev–Trinajstić information content (AvgIpc) is 2.82. The number of rotatable bonds is 7. The van der Waals surface area contributed by atoms with Gasteiger partial charge in [-0.1, -0.05) is 67.6 Å². The Morgan fingerprint density at radius 3 is 2.36 bits per heavy atom. The van der Waals surface area contributed by atoms with Gasteiger partial charge in [-0.3, -0.25) is 4.72 Å². The van der Waals surface area contributed by atoms with Crippen LogP contribution in [-0.4, -0.2) is 30.1 Å². The molecule has 0 saturated carbocycles. The molecule has 3 atom stereocenters. The number of sulfonamides is 1. The van der Waals surface area contributed by atoms with Crippen LogP contribution in [0.1, 0.15) is 19.4 Å². The summed E-state index contributed by atoms with van der Waals surface area (Å²) >= 11 is 0. The fourth-order valence-corrected chi connectivity index (χ4v) is 4.79. The Kier molecular flexibility index (Phi) is 6.29. The minimum atomic E-state index is -3.79. The Bertz CT molecular complexity index is 1280. The zero-order valence-electron chi connectivity index (χ0n) is 18.3. The van der Waals surface area contributed by atoms with Crippen LogP contribution in [0, 0.1) is 5.92 Å². The molecule has 0 amide bonds. The molecule has 0 saturated heterocycles. The Morgan fingerprint density at radius 1 is 1.03 bits per heavy atom. The van der Waals surface area contributed by atoms with Gasteiger partial charge in [-0.25, -0.2) is 17.8 Å². The zero-order chi connectivity index (χ0) is 23.5. The van der Waals surface area contributed by atoms with Gasteiger partial charge < -0.3 is 5.32 Å². The summed E-state index contributed by atoms with van der Waals surface area (Å²) in [5, 5.41) is 2.99. The summed E-state index contributed by atoms with van der Waals surface area (Å²) < 4.78 is 43.5. The minimum absolute atomic E-state index is 0.0926. The number of benzene rings is 2. The predicted octanol–water partition coefficient (Wildman–Crippen LogP) is 5.08. The van der Waals surface area contributed by atoms with E-state index in [0.717, 1.165) is 11.1 Å². The quantitative estimate of drug-likeness (QED) is 0.510. The molecule has 2 N–H and O–H groups in total. The molecule has 8 heteroatoms. The molecule has 6 nitrogen and oxygen atoms in total. The van der Waals surface area contributed by atoms with Crippen LogP contribution >= 0.6 is 0 Å². The molecule has 0 radical (unpaired) electrons. The zero-order valence-corrected chi connectivity index (χ0v) is 19.1. The standard InChI is InChI=1S/C25H25FN4O2S/c1-18-17-21(20-9-5-3-6-10-20)13-15-25(18,26)19(2)28-24-27-16-14-23(29-24)30-33(31,32)22-11-7-4-8-12-22/h3-19H,1-2H3,(H2,27,28,29,30). The molecule has 0 bridgehead atoms. The van der Waals surface area contributed by atoms with Crippen molar-refractivity contribution in [2.45, 2.75) is 30.5 Å². The molecule has 3 unspecified atom stereocenters. The van der Waals surface area contributed by atoms with Gasteiger partial charge in [-0.15, -0.1) is 0 Å². The van der Waals surface area contributed by atoms with Gasteiger partial charge >= 0.3 is 0 Å². The number of allylic oxidation sites excluding steroid dienone is 3. The van der Waals surface area contributed by atoms with Crippen molar-refractivity contribution in [3.05, 3.63) is 96.7 Å². The lowest BCUT2D eigenvalue weighted by molar-refractivity contribution is 0.153. The summed E-state index contributed by atoms with van der Waals surface area (Å²) in [4.78, 5) is 8.47. The second-order valence-electron chi connectivity index (χ2n) is 7.99. The van der Waals surface area contributed by atoms with Crippen LogP contribution in [0.15, 0.2) is 96.1 Å². The van der Waals surface area contributed by atoms with E-state index in [4.69, 9.17) is 0 Å². The highest BCUT2D eigenvalue weighted by Gasteiger charge is 2.41. The van der Waals surface area contributed by atoms with Gasteiger partial charge in [0.2, 0.25) is 5.95 Å². The third-order valence-corrected chi connectivity index (χ3v) is 7.08. The molecular weight excluding hydrogens is 439 g/mol. The van der Waals surface area contributed by atoms with E-state index >= 15 is 4.39 Å². The topological polar surface area (TPSA) is 84.0 Å². The lowest BCUT2D eigenvalue weighted by atomic mass is 9.78. The Hall–Kier alpha value is -3.52. The summed E-state index contributed by atoms with van der Waals surface area (Å²) in [6, 6.07) is 18.6. The molecule has 33 heavy (non-hydrogen) atoms. The van der Waals surface area contributed by atoms with Crippen molar-refractivity contribution in [1.82, 2.24) is 9.97 Å². The number of hydrogen-bond acceptors (Lipinski definition) is 5. The second-order valence-corrected chi connectivity index (χ2v) is 9.67. The Morgan fingerprint density at radius 2 is 1.70 bits per heavy atom. The van der Waals surface area contributed by atoms with Crippen molar-refractivity contribution in [2.24, 2.45) is 5.92 Å². The van der Waals surface area contributed by atoms with E-state index in [2.05, 4.69) is 20.0 Å². The maximum absolute atomic E-state index is 16.0. The molecular formula is C25H25FN4O2S. The highest BCUT2D eigenvalue weighted by molar-refractivity contribution is 7.92. The van der Waals surface area contributed by atoms with Gasteiger partial charge in [-0.2, -0.15) is 4.98 Å². The van der Waals surface area contributed by atoms with Crippen LogP contribution in [0.3, 0.4) is 0 Å². The molecule has 1 aliphatic rings. The van der Waals surface area contributed by atoms with E-state index in [1.165, 1.54) is 24.4 Å². The van der Waals surface area contributed by atoms with Crippen LogP contribution in [-0.2, 0) is 10.0 Å². The van der Waals surface area contributed by atoms with Gasteiger partial charge in [0, 0.05) is 12.1 Å². The molecule has 2 aromatic carbocycles. The Balaban J connectivity index is 1.48. The first-order chi connectivity index (χ1) is 15.8. The number of nitrogens with one attached hydrogen (secondary N) is 2. The maximum atomic E-state index is 16.0. The van der Waals surface area contributed by atoms with E-state index in [0.29, 0.717) is 0 Å². The number of nitrogens with zero attached hydrogens (tertiary/aromatic N) is 2. The van der Waals surface area contributed by atoms with Crippen molar-refractivity contribution in [3.63, 3.8) is 0 Å². The van der Waals surface area contributed by atoms with Crippen molar-refractivity contribution in [3.8, 4) is 0 Å². The van der Waals surface area contributed by atoms with Gasteiger partial charge in [0.1, 0.15) is 5.82 Å². The number of aromatic nitrogens is 2. The molecule has 170 valence electrons. The number of anilines is 2. The maximum Gasteiger partial charge on any atom is 0.263 e. The minimum Gasteiger partial charge on any atom is -0.348 e. The fraction of sp³-hybridized carbons (Fsp3) is 0.200. The lowest BCUT2D eigenvalue weighted by Crippen LogP contribution is -2.45. The Labute approximate surface area is 193 Å². The van der Waals surface area contributed by atoms with Crippen molar-refractivity contribution < 1.29 is 12.8 Å². The summed E-state index contributed by atoms with van der Waals surface area (Å²) in [6.07, 6.45) is 6.69. The lowest BCUT2D eigenvalue weighted by Gasteiger charge is -2.36. The average molecular weight is 465 g/mol. The van der Waals surface area contributed by atoms with Crippen molar-refractivity contribution in [1.29, 1.82) is 0 Å². The van der Waals surface area contributed by atoms with Crippen LogP contribution in [0.25, 0.3) is 5.57 Å². The van der Waals surface area contributed by atoms with E-state index in [9.17, 15) is 8.42 Å². The van der Waals surface area contributed by atoms with Gasteiger partial charge in [-0.05, 0) is 42.3 Å².